The predicted octanol–water partition coefficient (Wildman–Crippen LogP) is 0.0274. The average molecular weight is 305 g/mol. The number of aromatic nitrogens is 1. The first-order chi connectivity index (χ1) is 8.97. The van der Waals surface area contributed by atoms with Gasteiger partial charge >= 0.3 is 58.4 Å². The molecule has 1 heterocycles. The molecule has 1 aromatic carbocycles. The van der Waals surface area contributed by atoms with E-state index in [-0.39, 0.29) is 51.4 Å². The standard InChI is InChI=1S/C13H12BF3NO.K/c1-10-8-12(14(15,16)17)2-3-13(10)19-9-11-4-6-18-7-5-11;/h2-8H,9H2,1H3;/q-1;+1. The van der Waals surface area contributed by atoms with Gasteiger partial charge in [0, 0.05) is 12.4 Å². The van der Waals surface area contributed by atoms with Gasteiger partial charge in [0.15, 0.2) is 0 Å². The molecule has 0 aliphatic heterocycles. The maximum Gasteiger partial charge on any atom is 1.00 e. The minimum atomic E-state index is -4.96. The summed E-state index contributed by atoms with van der Waals surface area (Å²) in [4.78, 5) is 3.88. The van der Waals surface area contributed by atoms with Gasteiger partial charge in [-0.25, -0.2) is 0 Å². The second kappa shape index (κ2) is 7.61. The van der Waals surface area contributed by atoms with Crippen LogP contribution in [0.3, 0.4) is 0 Å². The number of ether oxygens (including phenoxy) is 1. The number of hydrogen-bond acceptors (Lipinski definition) is 2. The van der Waals surface area contributed by atoms with Crippen molar-refractivity contribution in [3.63, 3.8) is 0 Å². The Hall–Kier alpha value is -0.339. The zero-order valence-corrected chi connectivity index (χ0v) is 14.4. The van der Waals surface area contributed by atoms with Crippen LogP contribution in [0.1, 0.15) is 11.1 Å². The van der Waals surface area contributed by atoms with Gasteiger partial charge in [-0.3, -0.25) is 4.98 Å². The van der Waals surface area contributed by atoms with E-state index in [1.165, 1.54) is 6.07 Å². The third-order valence-electron chi connectivity index (χ3n) is 2.72. The molecule has 0 fully saturated rings. The van der Waals surface area contributed by atoms with Crippen LogP contribution in [0.5, 0.6) is 5.75 Å². The van der Waals surface area contributed by atoms with E-state index in [1.807, 2.05) is 0 Å². The summed E-state index contributed by atoms with van der Waals surface area (Å²) in [6.45, 7) is -3.05. The number of aryl methyl sites for hydroxylation is 1. The normalized spacial score (nSPS) is 10.8. The molecule has 100 valence electrons. The molecule has 2 nitrogen and oxygen atoms in total. The van der Waals surface area contributed by atoms with E-state index in [2.05, 4.69) is 4.98 Å². The van der Waals surface area contributed by atoms with Gasteiger partial charge in [0.25, 0.3) is 0 Å². The van der Waals surface area contributed by atoms with Gasteiger partial charge in [-0.15, -0.1) is 5.46 Å². The molecule has 0 atom stereocenters. The molecular formula is C13H12BF3KNO. The van der Waals surface area contributed by atoms with E-state index < -0.39 is 12.4 Å². The van der Waals surface area contributed by atoms with Crippen LogP contribution < -0.4 is 61.6 Å². The van der Waals surface area contributed by atoms with Gasteiger partial charge in [0.1, 0.15) is 12.4 Å². The smallest absolute Gasteiger partial charge is 0.489 e. The van der Waals surface area contributed by atoms with Gasteiger partial charge in [0.05, 0.1) is 0 Å². The molecule has 0 unspecified atom stereocenters. The summed E-state index contributed by atoms with van der Waals surface area (Å²) >= 11 is 0. The Morgan fingerprint density at radius 1 is 1.10 bits per heavy atom. The monoisotopic (exact) mass is 305 g/mol. The number of pyridine rings is 1. The van der Waals surface area contributed by atoms with E-state index in [4.69, 9.17) is 4.74 Å². The topological polar surface area (TPSA) is 22.1 Å². The van der Waals surface area contributed by atoms with Crippen LogP contribution in [0.2, 0.25) is 0 Å². The molecule has 2 aromatic rings. The van der Waals surface area contributed by atoms with Crippen molar-refractivity contribution in [1.82, 2.24) is 4.98 Å². The Labute approximate surface area is 158 Å². The molecule has 7 heteroatoms. The van der Waals surface area contributed by atoms with Crippen molar-refractivity contribution >= 4 is 12.4 Å². The van der Waals surface area contributed by atoms with Crippen molar-refractivity contribution in [2.75, 3.05) is 0 Å². The predicted molar refractivity (Wildman–Crippen MR) is 68.5 cm³/mol. The fraction of sp³-hybridized carbons (Fsp3) is 0.154. The van der Waals surface area contributed by atoms with Gasteiger partial charge in [-0.05, 0) is 36.2 Å². The van der Waals surface area contributed by atoms with Crippen molar-refractivity contribution in [1.29, 1.82) is 0 Å². The molecular weight excluding hydrogens is 293 g/mol. The van der Waals surface area contributed by atoms with Crippen LogP contribution in [0, 0.1) is 6.92 Å². The molecule has 0 aliphatic carbocycles. The van der Waals surface area contributed by atoms with Gasteiger partial charge in [0.2, 0.25) is 0 Å². The molecule has 1 aromatic heterocycles. The van der Waals surface area contributed by atoms with Crippen molar-refractivity contribution in [3.8, 4) is 5.75 Å². The molecule has 20 heavy (non-hydrogen) atoms. The van der Waals surface area contributed by atoms with Crippen molar-refractivity contribution < 1.29 is 69.1 Å². The van der Waals surface area contributed by atoms with E-state index >= 15 is 0 Å². The Morgan fingerprint density at radius 3 is 2.30 bits per heavy atom. The van der Waals surface area contributed by atoms with Crippen LogP contribution >= 0.6 is 0 Å². The van der Waals surface area contributed by atoms with Gasteiger partial charge in [-0.1, -0.05) is 12.1 Å². The number of rotatable bonds is 4. The van der Waals surface area contributed by atoms with Gasteiger partial charge < -0.3 is 17.7 Å². The third-order valence-corrected chi connectivity index (χ3v) is 2.72. The summed E-state index contributed by atoms with van der Waals surface area (Å²) in [5.74, 6) is 0.459. The van der Waals surface area contributed by atoms with Crippen LogP contribution in [0.25, 0.3) is 0 Å². The molecule has 0 amide bonds. The number of hydrogen-bond donors (Lipinski definition) is 0. The zero-order chi connectivity index (χ0) is 13.9. The van der Waals surface area contributed by atoms with E-state index in [9.17, 15) is 12.9 Å². The fourth-order valence-electron chi connectivity index (χ4n) is 1.68. The quantitative estimate of drug-likeness (QED) is 0.744. The van der Waals surface area contributed by atoms with Crippen molar-refractivity contribution in [2.24, 2.45) is 0 Å². The number of nitrogens with zero attached hydrogens (tertiary/aromatic N) is 1. The number of benzene rings is 1. The Kier molecular flexibility index (Phi) is 6.74. The van der Waals surface area contributed by atoms with Crippen molar-refractivity contribution in [3.05, 3.63) is 53.9 Å². The Bertz CT molecular complexity index is 563. The summed E-state index contributed by atoms with van der Waals surface area (Å²) in [5, 5.41) is 0. The van der Waals surface area contributed by atoms with E-state index in [1.54, 1.807) is 31.5 Å². The van der Waals surface area contributed by atoms with E-state index in [0.29, 0.717) is 17.9 Å². The Morgan fingerprint density at radius 2 is 1.75 bits per heavy atom. The SMILES string of the molecule is Cc1cc([B-](F)(F)F)ccc1OCc1ccncc1.[K+]. The fourth-order valence-corrected chi connectivity index (χ4v) is 1.68. The molecule has 2 rings (SSSR count). The minimum Gasteiger partial charge on any atom is -0.489 e. The summed E-state index contributed by atoms with van der Waals surface area (Å²) in [6.07, 6.45) is 3.28. The maximum atomic E-state index is 12.6. The van der Waals surface area contributed by atoms with E-state index in [0.717, 1.165) is 17.7 Å². The largest absolute Gasteiger partial charge is 1.00 e. The summed E-state index contributed by atoms with van der Waals surface area (Å²) in [5.41, 5.74) is 0.790. The minimum absolute atomic E-state index is 0. The summed E-state index contributed by atoms with van der Waals surface area (Å²) < 4.78 is 43.2. The second-order valence-electron chi connectivity index (χ2n) is 4.24. The summed E-state index contributed by atoms with van der Waals surface area (Å²) in [7, 11) is 0. The first-order valence-corrected chi connectivity index (χ1v) is 5.79. The first kappa shape index (κ1) is 17.7. The molecule has 0 spiro atoms. The molecule has 0 N–H and O–H groups in total. The molecule has 0 saturated heterocycles. The molecule has 0 aliphatic rings. The number of halogens is 3. The summed E-state index contributed by atoms with van der Waals surface area (Å²) in [6, 6.07) is 7.11. The molecule has 0 radical (unpaired) electrons. The van der Waals surface area contributed by atoms with Crippen LogP contribution in [-0.2, 0) is 6.61 Å². The molecule has 0 bridgehead atoms. The second-order valence-corrected chi connectivity index (χ2v) is 4.24. The van der Waals surface area contributed by atoms with Crippen molar-refractivity contribution in [2.45, 2.75) is 13.5 Å². The first-order valence-electron chi connectivity index (χ1n) is 5.79. The average Bonchev–Trinajstić information content (AvgIpc) is 2.37. The Balaban J connectivity index is 0.00000200. The molecule has 0 saturated carbocycles. The van der Waals surface area contributed by atoms with Crippen LogP contribution in [-0.4, -0.2) is 12.0 Å². The van der Waals surface area contributed by atoms with Gasteiger partial charge in [-0.2, -0.15) is 0 Å². The maximum absolute atomic E-state index is 12.6. The zero-order valence-electron chi connectivity index (χ0n) is 11.3. The third kappa shape index (κ3) is 4.89. The van der Waals surface area contributed by atoms with Crippen LogP contribution in [0.15, 0.2) is 42.7 Å². The van der Waals surface area contributed by atoms with Crippen LogP contribution in [0.4, 0.5) is 12.9 Å².